The summed E-state index contributed by atoms with van der Waals surface area (Å²) >= 11 is 0. The first-order chi connectivity index (χ1) is 27.8. The van der Waals surface area contributed by atoms with Gasteiger partial charge in [-0.25, -0.2) is 0 Å². The minimum atomic E-state index is 0.869. The average molecular weight is 716 g/mol. The Morgan fingerprint density at radius 3 is 1.52 bits per heavy atom. The highest BCUT2D eigenvalue weighted by Crippen LogP contribution is 2.44. The van der Waals surface area contributed by atoms with Gasteiger partial charge in [0, 0.05) is 27.7 Å². The Morgan fingerprint density at radius 2 is 0.821 bits per heavy atom. The molecule has 0 aliphatic heterocycles. The zero-order chi connectivity index (χ0) is 37.3. The van der Waals surface area contributed by atoms with Crippen LogP contribution in [0.2, 0.25) is 0 Å². The maximum atomic E-state index is 6.28. The van der Waals surface area contributed by atoms with Gasteiger partial charge in [0.15, 0.2) is 0 Å². The topological polar surface area (TPSA) is 16.4 Å². The van der Waals surface area contributed by atoms with E-state index in [2.05, 4.69) is 211 Å². The summed E-state index contributed by atoms with van der Waals surface area (Å²) in [7, 11) is 0. The maximum Gasteiger partial charge on any atom is 0.135 e. The zero-order valence-corrected chi connectivity index (χ0v) is 30.7. The van der Waals surface area contributed by atoms with E-state index in [1.165, 1.54) is 49.7 Å². The highest BCUT2D eigenvalue weighted by Gasteiger charge is 2.19. The standard InChI is InChI=1S/C54H37NO/c1-3-14-38(15-4-1)39-26-30-45(31-27-39)55(46-32-28-41(29-33-46)48-22-9-8-21-47(48)40-16-5-2-6-17-40)52-35-34-49(50-23-10-11-24-51(50)52)42-19-13-20-43(36-42)54-37-44-18-7-12-25-53(44)56-54/h1-37H. The van der Waals surface area contributed by atoms with E-state index in [1.807, 2.05) is 18.2 Å². The monoisotopic (exact) mass is 715 g/mol. The highest BCUT2D eigenvalue weighted by atomic mass is 16.3. The van der Waals surface area contributed by atoms with Crippen LogP contribution in [0, 0.1) is 0 Å². The second-order valence-electron chi connectivity index (χ2n) is 14.1. The van der Waals surface area contributed by atoms with E-state index in [0.29, 0.717) is 0 Å². The molecule has 0 unspecified atom stereocenters. The van der Waals surface area contributed by atoms with Crippen LogP contribution in [-0.4, -0.2) is 0 Å². The van der Waals surface area contributed by atoms with Crippen LogP contribution in [0.5, 0.6) is 0 Å². The van der Waals surface area contributed by atoms with Crippen molar-refractivity contribution in [2.75, 3.05) is 4.90 Å². The van der Waals surface area contributed by atoms with Crippen LogP contribution in [0.4, 0.5) is 17.1 Å². The van der Waals surface area contributed by atoms with Gasteiger partial charge in [-0.05, 0) is 98.4 Å². The lowest BCUT2D eigenvalue weighted by atomic mass is 9.94. The predicted molar refractivity (Wildman–Crippen MR) is 236 cm³/mol. The third kappa shape index (κ3) is 6.24. The molecule has 2 heteroatoms. The third-order valence-electron chi connectivity index (χ3n) is 10.7. The molecule has 0 N–H and O–H groups in total. The largest absolute Gasteiger partial charge is 0.456 e. The number of para-hydroxylation sites is 1. The summed E-state index contributed by atoms with van der Waals surface area (Å²) in [6, 6.07) is 80.1. The molecule has 10 aromatic rings. The van der Waals surface area contributed by atoms with Crippen molar-refractivity contribution in [3.8, 4) is 55.8 Å². The third-order valence-corrected chi connectivity index (χ3v) is 10.7. The Bertz CT molecular complexity index is 2910. The molecule has 1 heterocycles. The normalized spacial score (nSPS) is 11.2. The molecule has 0 spiro atoms. The summed E-state index contributed by atoms with van der Waals surface area (Å²) in [4.78, 5) is 2.39. The van der Waals surface area contributed by atoms with Crippen molar-refractivity contribution in [2.45, 2.75) is 0 Å². The van der Waals surface area contributed by atoms with E-state index in [4.69, 9.17) is 4.42 Å². The van der Waals surface area contributed by atoms with Gasteiger partial charge in [0.25, 0.3) is 0 Å². The lowest BCUT2D eigenvalue weighted by Crippen LogP contribution is -2.10. The highest BCUT2D eigenvalue weighted by molar-refractivity contribution is 6.06. The van der Waals surface area contributed by atoms with Crippen LogP contribution in [0.15, 0.2) is 229 Å². The van der Waals surface area contributed by atoms with Crippen molar-refractivity contribution < 1.29 is 4.42 Å². The van der Waals surface area contributed by atoms with Crippen LogP contribution < -0.4 is 4.90 Å². The Balaban J connectivity index is 1.09. The molecule has 0 bridgehead atoms. The molecule has 0 aliphatic rings. The first-order valence-corrected chi connectivity index (χ1v) is 19.1. The van der Waals surface area contributed by atoms with Gasteiger partial charge in [-0.2, -0.15) is 0 Å². The molecular formula is C54H37NO. The maximum absolute atomic E-state index is 6.28. The van der Waals surface area contributed by atoms with Crippen LogP contribution in [-0.2, 0) is 0 Å². The molecule has 0 radical (unpaired) electrons. The fourth-order valence-corrected chi connectivity index (χ4v) is 7.95. The molecule has 264 valence electrons. The van der Waals surface area contributed by atoms with Gasteiger partial charge in [-0.1, -0.05) is 176 Å². The first kappa shape index (κ1) is 33.2. The van der Waals surface area contributed by atoms with Gasteiger partial charge in [0.2, 0.25) is 0 Å². The van der Waals surface area contributed by atoms with Crippen molar-refractivity contribution in [1.29, 1.82) is 0 Å². The number of anilines is 3. The molecule has 0 atom stereocenters. The van der Waals surface area contributed by atoms with Crippen molar-refractivity contribution in [3.63, 3.8) is 0 Å². The zero-order valence-electron chi connectivity index (χ0n) is 30.7. The van der Waals surface area contributed by atoms with E-state index >= 15 is 0 Å². The van der Waals surface area contributed by atoms with Crippen molar-refractivity contribution in [3.05, 3.63) is 224 Å². The number of fused-ring (bicyclic) bond motifs is 2. The Hall–Kier alpha value is -7.42. The van der Waals surface area contributed by atoms with E-state index in [0.717, 1.165) is 44.9 Å². The smallest absolute Gasteiger partial charge is 0.135 e. The van der Waals surface area contributed by atoms with Gasteiger partial charge in [0.1, 0.15) is 11.3 Å². The molecule has 0 saturated carbocycles. The van der Waals surface area contributed by atoms with E-state index < -0.39 is 0 Å². The second kappa shape index (κ2) is 14.4. The molecule has 10 rings (SSSR count). The Kier molecular flexibility index (Phi) is 8.55. The van der Waals surface area contributed by atoms with Crippen LogP contribution in [0.25, 0.3) is 77.6 Å². The quantitative estimate of drug-likeness (QED) is 0.156. The Labute approximate surface area is 327 Å². The molecule has 0 aliphatic carbocycles. The molecular weight excluding hydrogens is 679 g/mol. The molecule has 0 saturated heterocycles. The number of nitrogens with zero attached hydrogens (tertiary/aromatic N) is 1. The lowest BCUT2D eigenvalue weighted by Gasteiger charge is -2.28. The van der Waals surface area contributed by atoms with Gasteiger partial charge in [-0.15, -0.1) is 0 Å². The van der Waals surface area contributed by atoms with E-state index in [9.17, 15) is 0 Å². The summed E-state index contributed by atoms with van der Waals surface area (Å²) in [5.74, 6) is 0.869. The number of benzene rings is 9. The number of hydrogen-bond acceptors (Lipinski definition) is 2. The van der Waals surface area contributed by atoms with E-state index in [1.54, 1.807) is 0 Å². The first-order valence-electron chi connectivity index (χ1n) is 19.1. The second-order valence-corrected chi connectivity index (χ2v) is 14.1. The molecule has 2 nitrogen and oxygen atoms in total. The molecule has 0 amide bonds. The summed E-state index contributed by atoms with van der Waals surface area (Å²) < 4.78 is 6.28. The van der Waals surface area contributed by atoms with Crippen molar-refractivity contribution in [1.82, 2.24) is 0 Å². The molecule has 9 aromatic carbocycles. The predicted octanol–water partition coefficient (Wildman–Crippen LogP) is 15.4. The fraction of sp³-hybridized carbons (Fsp3) is 0. The molecule has 1 aromatic heterocycles. The van der Waals surface area contributed by atoms with Gasteiger partial charge < -0.3 is 9.32 Å². The molecule has 0 fully saturated rings. The molecule has 56 heavy (non-hydrogen) atoms. The summed E-state index contributed by atoms with van der Waals surface area (Å²) in [6.07, 6.45) is 0. The SMILES string of the molecule is c1ccc(-c2ccc(N(c3ccc(-c4ccccc4-c4ccccc4)cc3)c3ccc(-c4cccc(-c5cc6ccccc6o5)c4)c4ccccc34)cc2)cc1. The fourth-order valence-electron chi connectivity index (χ4n) is 7.95. The van der Waals surface area contributed by atoms with Crippen LogP contribution >= 0.6 is 0 Å². The van der Waals surface area contributed by atoms with Crippen molar-refractivity contribution in [2.24, 2.45) is 0 Å². The Morgan fingerprint density at radius 1 is 0.304 bits per heavy atom. The van der Waals surface area contributed by atoms with Crippen LogP contribution in [0.3, 0.4) is 0 Å². The average Bonchev–Trinajstić information content (AvgIpc) is 3.73. The summed E-state index contributed by atoms with van der Waals surface area (Å²) in [6.45, 7) is 0. The van der Waals surface area contributed by atoms with Gasteiger partial charge in [0.05, 0.1) is 5.69 Å². The van der Waals surface area contributed by atoms with Gasteiger partial charge in [-0.3, -0.25) is 0 Å². The number of hydrogen-bond donors (Lipinski definition) is 0. The lowest BCUT2D eigenvalue weighted by molar-refractivity contribution is 0.631. The van der Waals surface area contributed by atoms with Gasteiger partial charge >= 0.3 is 0 Å². The van der Waals surface area contributed by atoms with Crippen LogP contribution in [0.1, 0.15) is 0 Å². The van der Waals surface area contributed by atoms with Crippen molar-refractivity contribution >= 4 is 38.8 Å². The summed E-state index contributed by atoms with van der Waals surface area (Å²) in [5, 5.41) is 3.46. The minimum Gasteiger partial charge on any atom is -0.456 e. The number of rotatable bonds is 8. The number of furan rings is 1. The minimum absolute atomic E-state index is 0.869. The van der Waals surface area contributed by atoms with E-state index in [-0.39, 0.29) is 0 Å². The summed E-state index contributed by atoms with van der Waals surface area (Å²) in [5.41, 5.74) is 14.8.